The van der Waals surface area contributed by atoms with Gasteiger partial charge in [0.15, 0.2) is 5.76 Å². The minimum Gasteiger partial charge on any atom is -0.453 e. The summed E-state index contributed by atoms with van der Waals surface area (Å²) in [6.45, 7) is 0.379. The van der Waals surface area contributed by atoms with Gasteiger partial charge < -0.3 is 9.73 Å². The fraction of sp³-hybridized carbons (Fsp3) is 0.400. The summed E-state index contributed by atoms with van der Waals surface area (Å²) in [5.41, 5.74) is 0.779. The highest BCUT2D eigenvalue weighted by Crippen LogP contribution is 2.20. The number of hydrogen-bond acceptors (Lipinski definition) is 3. The summed E-state index contributed by atoms with van der Waals surface area (Å²) in [6, 6.07) is 10.0. The van der Waals surface area contributed by atoms with Gasteiger partial charge >= 0.3 is 0 Å². The molecule has 0 atom stereocenters. The Hall–Kier alpha value is -1.61. The second-order valence-corrected chi connectivity index (χ2v) is 4.93. The molecular formula is C15H17NO2. The molecule has 0 radical (unpaired) electrons. The summed E-state index contributed by atoms with van der Waals surface area (Å²) < 4.78 is 5.56. The lowest BCUT2D eigenvalue weighted by Crippen LogP contribution is -2.31. The molecule has 1 fully saturated rings. The number of carbonyl (C=O) groups excluding carboxylic acids is 1. The van der Waals surface area contributed by atoms with Crippen LogP contribution in [0.5, 0.6) is 0 Å². The molecule has 1 aromatic heterocycles. The number of Topliss-reactive ketones (excluding diaryl/α,β-unsaturated/α-hetero) is 1. The zero-order valence-corrected chi connectivity index (χ0v) is 10.3. The van der Waals surface area contributed by atoms with Crippen molar-refractivity contribution < 1.29 is 9.21 Å². The second-order valence-electron chi connectivity index (χ2n) is 4.93. The van der Waals surface area contributed by atoms with E-state index in [4.69, 9.17) is 4.42 Å². The van der Waals surface area contributed by atoms with Crippen LogP contribution in [0.15, 0.2) is 34.7 Å². The van der Waals surface area contributed by atoms with E-state index in [9.17, 15) is 4.79 Å². The van der Waals surface area contributed by atoms with E-state index in [1.807, 2.05) is 30.3 Å². The average Bonchev–Trinajstić information content (AvgIpc) is 3.04. The van der Waals surface area contributed by atoms with Gasteiger partial charge in [-0.25, -0.2) is 0 Å². The molecule has 2 aromatic rings. The van der Waals surface area contributed by atoms with E-state index in [2.05, 4.69) is 5.32 Å². The van der Waals surface area contributed by atoms with Crippen molar-refractivity contribution in [2.45, 2.75) is 31.7 Å². The summed E-state index contributed by atoms with van der Waals surface area (Å²) in [5, 5.41) is 4.30. The van der Waals surface area contributed by atoms with Gasteiger partial charge in [0.1, 0.15) is 5.58 Å². The van der Waals surface area contributed by atoms with Crippen LogP contribution in [0.25, 0.3) is 11.0 Å². The van der Waals surface area contributed by atoms with Crippen molar-refractivity contribution in [3.8, 4) is 0 Å². The first-order valence-corrected chi connectivity index (χ1v) is 6.58. The Balaban J connectivity index is 1.67. The molecule has 18 heavy (non-hydrogen) atoms. The van der Waals surface area contributed by atoms with Gasteiger partial charge in [0.05, 0.1) is 6.54 Å². The summed E-state index contributed by atoms with van der Waals surface area (Å²) in [7, 11) is 0. The second kappa shape index (κ2) is 4.94. The van der Waals surface area contributed by atoms with Crippen molar-refractivity contribution in [2.75, 3.05) is 6.54 Å². The van der Waals surface area contributed by atoms with Crippen molar-refractivity contribution in [3.05, 3.63) is 36.1 Å². The molecule has 1 aliphatic rings. The maximum Gasteiger partial charge on any atom is 0.211 e. The Bertz CT molecular complexity index is 519. The number of furan rings is 1. The summed E-state index contributed by atoms with van der Waals surface area (Å²) in [5.74, 6) is 0.500. The molecule has 94 valence electrons. The fourth-order valence-electron chi connectivity index (χ4n) is 2.57. The van der Waals surface area contributed by atoms with Gasteiger partial charge in [0.25, 0.3) is 0 Å². The third-order valence-corrected chi connectivity index (χ3v) is 3.61. The van der Waals surface area contributed by atoms with Gasteiger partial charge in [-0.05, 0) is 25.0 Å². The third kappa shape index (κ3) is 2.31. The lowest BCUT2D eigenvalue weighted by molar-refractivity contribution is 0.0963. The van der Waals surface area contributed by atoms with Crippen LogP contribution in [0.2, 0.25) is 0 Å². The van der Waals surface area contributed by atoms with Crippen LogP contribution in [0.4, 0.5) is 0 Å². The van der Waals surface area contributed by atoms with Crippen molar-refractivity contribution in [2.24, 2.45) is 0 Å². The number of fused-ring (bicyclic) bond motifs is 1. The molecule has 1 aromatic carbocycles. The number of hydrogen-bond donors (Lipinski definition) is 1. The summed E-state index contributed by atoms with van der Waals surface area (Å²) >= 11 is 0. The Labute approximate surface area is 106 Å². The van der Waals surface area contributed by atoms with Crippen LogP contribution in [-0.2, 0) is 0 Å². The van der Waals surface area contributed by atoms with Crippen LogP contribution >= 0.6 is 0 Å². The number of para-hydroxylation sites is 1. The summed E-state index contributed by atoms with van der Waals surface area (Å²) in [4.78, 5) is 12.0. The zero-order valence-electron chi connectivity index (χ0n) is 10.3. The molecule has 3 nitrogen and oxygen atoms in total. The zero-order chi connectivity index (χ0) is 12.4. The van der Waals surface area contributed by atoms with E-state index in [0.29, 0.717) is 18.3 Å². The normalized spacial score (nSPS) is 16.4. The number of rotatable bonds is 4. The van der Waals surface area contributed by atoms with E-state index in [1.165, 1.54) is 25.7 Å². The Morgan fingerprint density at radius 3 is 2.83 bits per heavy atom. The maximum atomic E-state index is 12.0. The number of ketones is 1. The van der Waals surface area contributed by atoms with E-state index in [-0.39, 0.29) is 5.78 Å². The number of carbonyl (C=O) groups is 1. The van der Waals surface area contributed by atoms with Crippen molar-refractivity contribution in [3.63, 3.8) is 0 Å². The van der Waals surface area contributed by atoms with Crippen molar-refractivity contribution >= 4 is 16.8 Å². The molecule has 3 heteroatoms. The molecule has 0 bridgehead atoms. The topological polar surface area (TPSA) is 42.2 Å². The van der Waals surface area contributed by atoms with Gasteiger partial charge in [0, 0.05) is 11.4 Å². The fourth-order valence-corrected chi connectivity index (χ4v) is 2.57. The highest BCUT2D eigenvalue weighted by Gasteiger charge is 2.17. The Morgan fingerprint density at radius 1 is 1.28 bits per heavy atom. The molecular weight excluding hydrogens is 226 g/mol. The first-order valence-electron chi connectivity index (χ1n) is 6.58. The molecule has 1 aliphatic carbocycles. The number of nitrogens with one attached hydrogen (secondary N) is 1. The standard InChI is InChI=1S/C15H17NO2/c17-13(10-16-12-6-2-3-7-12)15-9-11-5-1-4-8-14(11)18-15/h1,4-5,8-9,12,16H,2-3,6-7,10H2. The Kier molecular flexibility index (Phi) is 3.15. The van der Waals surface area contributed by atoms with E-state index < -0.39 is 0 Å². The van der Waals surface area contributed by atoms with Gasteiger partial charge in [-0.15, -0.1) is 0 Å². The lowest BCUT2D eigenvalue weighted by Gasteiger charge is -2.09. The first kappa shape index (κ1) is 11.5. The predicted octanol–water partition coefficient (Wildman–Crippen LogP) is 3.15. The van der Waals surface area contributed by atoms with Gasteiger partial charge in [-0.3, -0.25) is 4.79 Å². The Morgan fingerprint density at radius 2 is 2.06 bits per heavy atom. The molecule has 0 unspecified atom stereocenters. The minimum absolute atomic E-state index is 0.0399. The smallest absolute Gasteiger partial charge is 0.211 e. The van der Waals surface area contributed by atoms with Crippen LogP contribution < -0.4 is 5.32 Å². The quantitative estimate of drug-likeness (QED) is 0.839. The molecule has 0 spiro atoms. The lowest BCUT2D eigenvalue weighted by atomic mass is 10.2. The molecule has 0 amide bonds. The number of benzene rings is 1. The van der Waals surface area contributed by atoms with Crippen LogP contribution in [0.3, 0.4) is 0 Å². The SMILES string of the molecule is O=C(CNC1CCCC1)c1cc2ccccc2o1. The monoisotopic (exact) mass is 243 g/mol. The van der Waals surface area contributed by atoms with Crippen LogP contribution in [0, 0.1) is 0 Å². The minimum atomic E-state index is 0.0399. The van der Waals surface area contributed by atoms with E-state index in [1.54, 1.807) is 0 Å². The average molecular weight is 243 g/mol. The molecule has 3 rings (SSSR count). The molecule has 1 N–H and O–H groups in total. The summed E-state index contributed by atoms with van der Waals surface area (Å²) in [6.07, 6.45) is 4.92. The molecule has 0 saturated heterocycles. The highest BCUT2D eigenvalue weighted by atomic mass is 16.3. The molecule has 0 aliphatic heterocycles. The van der Waals surface area contributed by atoms with E-state index in [0.717, 1.165) is 11.0 Å². The first-order chi connectivity index (χ1) is 8.83. The molecule has 1 heterocycles. The predicted molar refractivity (Wildman–Crippen MR) is 70.8 cm³/mol. The van der Waals surface area contributed by atoms with E-state index >= 15 is 0 Å². The van der Waals surface area contributed by atoms with Gasteiger partial charge in [-0.2, -0.15) is 0 Å². The third-order valence-electron chi connectivity index (χ3n) is 3.61. The van der Waals surface area contributed by atoms with Crippen molar-refractivity contribution in [1.82, 2.24) is 5.32 Å². The van der Waals surface area contributed by atoms with Crippen molar-refractivity contribution in [1.29, 1.82) is 0 Å². The maximum absolute atomic E-state index is 12.0. The molecule has 1 saturated carbocycles. The van der Waals surface area contributed by atoms with Gasteiger partial charge in [0.2, 0.25) is 5.78 Å². The highest BCUT2D eigenvalue weighted by molar-refractivity contribution is 5.98. The van der Waals surface area contributed by atoms with Crippen LogP contribution in [-0.4, -0.2) is 18.4 Å². The largest absolute Gasteiger partial charge is 0.453 e. The van der Waals surface area contributed by atoms with Crippen LogP contribution in [0.1, 0.15) is 36.2 Å². The van der Waals surface area contributed by atoms with Gasteiger partial charge in [-0.1, -0.05) is 31.0 Å².